The van der Waals surface area contributed by atoms with Gasteiger partial charge in [0.25, 0.3) is 5.91 Å². The van der Waals surface area contributed by atoms with Crippen molar-refractivity contribution in [1.82, 2.24) is 9.97 Å². The fourth-order valence-electron chi connectivity index (χ4n) is 2.73. The molecule has 7 heteroatoms. The van der Waals surface area contributed by atoms with Gasteiger partial charge in [-0.05, 0) is 38.0 Å². The molecule has 1 aliphatic rings. The van der Waals surface area contributed by atoms with Crippen molar-refractivity contribution in [3.63, 3.8) is 0 Å². The van der Waals surface area contributed by atoms with Crippen LogP contribution in [0.2, 0.25) is 0 Å². The number of hydrogen-bond donors (Lipinski definition) is 4. The number of aliphatic hydroxyl groups excluding tert-OH is 1. The highest BCUT2D eigenvalue weighted by Gasteiger charge is 2.27. The lowest BCUT2D eigenvalue weighted by Crippen LogP contribution is -2.35. The molecule has 0 bridgehead atoms. The molecular formula is C17H29N5O2. The molecule has 0 aromatic carbocycles. The second kappa shape index (κ2) is 7.79. The maximum atomic E-state index is 11.7. The fourth-order valence-corrected chi connectivity index (χ4v) is 2.73. The Morgan fingerprint density at radius 1 is 1.38 bits per heavy atom. The molecule has 0 spiro atoms. The zero-order valence-electron chi connectivity index (χ0n) is 14.9. The van der Waals surface area contributed by atoms with Gasteiger partial charge in [-0.2, -0.15) is 4.98 Å². The smallest absolute Gasteiger partial charge is 0.254 e. The summed E-state index contributed by atoms with van der Waals surface area (Å²) in [4.78, 5) is 20.3. The van der Waals surface area contributed by atoms with Crippen molar-refractivity contribution in [2.75, 3.05) is 10.6 Å². The number of aliphatic hydroxyl groups is 1. The number of amides is 1. The van der Waals surface area contributed by atoms with Gasteiger partial charge >= 0.3 is 0 Å². The average molecular weight is 335 g/mol. The third-order valence-electron chi connectivity index (χ3n) is 4.91. The molecule has 134 valence electrons. The Labute approximate surface area is 143 Å². The quantitative estimate of drug-likeness (QED) is 0.632. The van der Waals surface area contributed by atoms with E-state index in [1.54, 1.807) is 0 Å². The molecule has 7 nitrogen and oxygen atoms in total. The number of nitrogens with two attached hydrogens (primary N) is 1. The Morgan fingerprint density at radius 3 is 2.67 bits per heavy atom. The summed E-state index contributed by atoms with van der Waals surface area (Å²) in [6, 6.07) is 0.272. The highest BCUT2D eigenvalue weighted by Crippen LogP contribution is 2.27. The number of hydrogen-bond acceptors (Lipinski definition) is 6. The standard InChI is InChI=1S/C17H29N5O2/c1-9(2)11(4)20-17-19-8-13(15(18)24)16(22-17)21-12-6-5-10(3)14(23)7-12/h8-12,14,23H,5-7H2,1-4H3,(H2,18,24)(H2,19,20,21,22)/t10-,11?,12-,14-/m1/s1. The Kier molecular flexibility index (Phi) is 5.99. The van der Waals surface area contributed by atoms with Gasteiger partial charge in [0.15, 0.2) is 0 Å². The zero-order chi connectivity index (χ0) is 17.9. The van der Waals surface area contributed by atoms with Crippen LogP contribution in [-0.2, 0) is 0 Å². The van der Waals surface area contributed by atoms with Crippen molar-refractivity contribution in [1.29, 1.82) is 0 Å². The SMILES string of the molecule is CC(C)C(C)Nc1ncc(C(N)=O)c(N[C@@H]2CC[C@@H](C)[C@H](O)C2)n1. The van der Waals surface area contributed by atoms with E-state index in [-0.39, 0.29) is 23.8 Å². The van der Waals surface area contributed by atoms with Crippen LogP contribution in [0.25, 0.3) is 0 Å². The molecule has 1 aromatic rings. The molecule has 1 amide bonds. The van der Waals surface area contributed by atoms with E-state index in [0.717, 1.165) is 12.8 Å². The second-order valence-corrected chi connectivity index (χ2v) is 7.20. The van der Waals surface area contributed by atoms with E-state index in [2.05, 4.69) is 48.3 Å². The number of rotatable bonds is 6. The molecule has 5 N–H and O–H groups in total. The summed E-state index contributed by atoms with van der Waals surface area (Å²) in [5.74, 6) is 1.06. The van der Waals surface area contributed by atoms with Crippen LogP contribution in [-0.4, -0.2) is 39.2 Å². The minimum atomic E-state index is -0.564. The van der Waals surface area contributed by atoms with Crippen LogP contribution in [0.1, 0.15) is 57.3 Å². The van der Waals surface area contributed by atoms with Gasteiger partial charge in [-0.25, -0.2) is 4.98 Å². The third kappa shape index (κ3) is 4.56. The van der Waals surface area contributed by atoms with E-state index >= 15 is 0 Å². The molecule has 1 heterocycles. The van der Waals surface area contributed by atoms with E-state index < -0.39 is 5.91 Å². The Hall–Kier alpha value is -1.89. The molecule has 1 aromatic heterocycles. The van der Waals surface area contributed by atoms with E-state index in [4.69, 9.17) is 5.73 Å². The maximum absolute atomic E-state index is 11.7. The molecule has 1 fully saturated rings. The fraction of sp³-hybridized carbons (Fsp3) is 0.706. The minimum absolute atomic E-state index is 0.0690. The number of anilines is 2. The van der Waals surface area contributed by atoms with Crippen molar-refractivity contribution in [3.8, 4) is 0 Å². The van der Waals surface area contributed by atoms with Crippen molar-refractivity contribution >= 4 is 17.7 Å². The largest absolute Gasteiger partial charge is 0.393 e. The normalized spacial score (nSPS) is 25.3. The summed E-state index contributed by atoms with van der Waals surface area (Å²) >= 11 is 0. The van der Waals surface area contributed by atoms with Crippen molar-refractivity contribution < 1.29 is 9.90 Å². The van der Waals surface area contributed by atoms with Gasteiger partial charge in [0.1, 0.15) is 5.82 Å². The molecule has 2 rings (SSSR count). The molecule has 1 unspecified atom stereocenters. The first-order valence-corrected chi connectivity index (χ1v) is 8.66. The van der Waals surface area contributed by atoms with Crippen LogP contribution < -0.4 is 16.4 Å². The maximum Gasteiger partial charge on any atom is 0.254 e. The molecule has 1 aliphatic carbocycles. The number of primary amides is 1. The predicted octanol–water partition coefficient (Wildman–Crippen LogP) is 1.99. The predicted molar refractivity (Wildman–Crippen MR) is 94.9 cm³/mol. The molecule has 4 atom stereocenters. The first-order chi connectivity index (χ1) is 11.3. The molecular weight excluding hydrogens is 306 g/mol. The Morgan fingerprint density at radius 2 is 2.08 bits per heavy atom. The van der Waals surface area contributed by atoms with Gasteiger partial charge in [-0.3, -0.25) is 4.79 Å². The summed E-state index contributed by atoms with van der Waals surface area (Å²) in [6.45, 7) is 8.33. The van der Waals surface area contributed by atoms with Gasteiger partial charge in [0, 0.05) is 18.3 Å². The van der Waals surface area contributed by atoms with Gasteiger partial charge in [0.2, 0.25) is 5.95 Å². The minimum Gasteiger partial charge on any atom is -0.393 e. The van der Waals surface area contributed by atoms with Gasteiger partial charge in [-0.1, -0.05) is 20.8 Å². The van der Waals surface area contributed by atoms with E-state index in [1.165, 1.54) is 6.20 Å². The molecule has 1 saturated carbocycles. The monoisotopic (exact) mass is 335 g/mol. The first-order valence-electron chi connectivity index (χ1n) is 8.66. The van der Waals surface area contributed by atoms with Crippen LogP contribution >= 0.6 is 0 Å². The van der Waals surface area contributed by atoms with Crippen molar-refractivity contribution in [2.24, 2.45) is 17.6 Å². The van der Waals surface area contributed by atoms with Gasteiger partial charge in [0.05, 0.1) is 11.7 Å². The number of aromatic nitrogens is 2. The van der Waals surface area contributed by atoms with Crippen LogP contribution in [0.15, 0.2) is 6.20 Å². The highest BCUT2D eigenvalue weighted by atomic mass is 16.3. The summed E-state index contributed by atoms with van der Waals surface area (Å²) in [6.07, 6.45) is 3.61. The van der Waals surface area contributed by atoms with Gasteiger partial charge < -0.3 is 21.5 Å². The third-order valence-corrected chi connectivity index (χ3v) is 4.91. The average Bonchev–Trinajstić information content (AvgIpc) is 2.50. The van der Waals surface area contributed by atoms with Crippen LogP contribution in [0.3, 0.4) is 0 Å². The lowest BCUT2D eigenvalue weighted by molar-refractivity contribution is 0.0739. The lowest BCUT2D eigenvalue weighted by Gasteiger charge is -2.32. The van der Waals surface area contributed by atoms with Crippen LogP contribution in [0.5, 0.6) is 0 Å². The Balaban J connectivity index is 2.17. The Bertz CT molecular complexity index is 578. The number of nitrogens with one attached hydrogen (secondary N) is 2. The van der Waals surface area contributed by atoms with E-state index in [9.17, 15) is 9.90 Å². The number of nitrogens with zero attached hydrogens (tertiary/aromatic N) is 2. The highest BCUT2D eigenvalue weighted by molar-refractivity contribution is 5.97. The van der Waals surface area contributed by atoms with Gasteiger partial charge in [-0.15, -0.1) is 0 Å². The summed E-state index contributed by atoms with van der Waals surface area (Å²) in [5, 5.41) is 16.6. The van der Waals surface area contributed by atoms with Crippen LogP contribution in [0.4, 0.5) is 11.8 Å². The molecule has 24 heavy (non-hydrogen) atoms. The van der Waals surface area contributed by atoms with Crippen molar-refractivity contribution in [3.05, 3.63) is 11.8 Å². The van der Waals surface area contributed by atoms with Crippen molar-refractivity contribution in [2.45, 2.75) is 65.1 Å². The topological polar surface area (TPSA) is 113 Å². The second-order valence-electron chi connectivity index (χ2n) is 7.20. The molecule has 0 aliphatic heterocycles. The first kappa shape index (κ1) is 18.4. The van der Waals surface area contributed by atoms with E-state index in [1.807, 2.05) is 0 Å². The molecule has 0 saturated heterocycles. The molecule has 0 radical (unpaired) electrons. The number of carbonyl (C=O) groups is 1. The number of carbonyl (C=O) groups excluding carboxylic acids is 1. The summed E-state index contributed by atoms with van der Waals surface area (Å²) in [7, 11) is 0. The summed E-state index contributed by atoms with van der Waals surface area (Å²) < 4.78 is 0. The lowest BCUT2D eigenvalue weighted by atomic mass is 9.85. The zero-order valence-corrected chi connectivity index (χ0v) is 14.9. The summed E-state index contributed by atoms with van der Waals surface area (Å²) in [5.41, 5.74) is 5.71. The van der Waals surface area contributed by atoms with Crippen LogP contribution in [0, 0.1) is 11.8 Å². The van der Waals surface area contributed by atoms with E-state index in [0.29, 0.717) is 30.0 Å².